The minimum Gasteiger partial charge on any atom is -0.497 e. The Bertz CT molecular complexity index is 1310. The lowest BCUT2D eigenvalue weighted by atomic mass is 9.43. The van der Waals surface area contributed by atoms with Crippen LogP contribution in [0.15, 0.2) is 24.3 Å². The summed E-state index contributed by atoms with van der Waals surface area (Å²) in [5, 5.41) is 0. The summed E-state index contributed by atoms with van der Waals surface area (Å²) in [5.74, 6) is -0.299. The highest BCUT2D eigenvalue weighted by Gasteiger charge is 2.88. The average Bonchev–Trinajstić information content (AvgIpc) is 3.46. The van der Waals surface area contributed by atoms with Crippen LogP contribution in [0.4, 0.5) is 0 Å². The summed E-state index contributed by atoms with van der Waals surface area (Å²) in [6.45, 7) is 6.11. The van der Waals surface area contributed by atoms with Crippen molar-refractivity contribution in [1.29, 1.82) is 0 Å². The van der Waals surface area contributed by atoms with Crippen molar-refractivity contribution in [3.8, 4) is 5.75 Å². The van der Waals surface area contributed by atoms with E-state index in [9.17, 15) is 9.59 Å². The second-order valence-corrected chi connectivity index (χ2v) is 14.4. The first kappa shape index (κ1) is 31.4. The minimum absolute atomic E-state index is 0.0203. The molecule has 6 aliphatic rings. The van der Waals surface area contributed by atoms with Crippen LogP contribution in [0.25, 0.3) is 0 Å². The molecule has 7 rings (SSSR count). The van der Waals surface area contributed by atoms with Gasteiger partial charge in [-0.2, -0.15) is 0 Å². The predicted octanol–water partition coefficient (Wildman–Crippen LogP) is 3.60. The van der Waals surface area contributed by atoms with E-state index in [1.54, 1.807) is 45.6 Å². The van der Waals surface area contributed by atoms with Crippen LogP contribution in [0.3, 0.4) is 0 Å². The molecule has 13 atom stereocenters. The minimum atomic E-state index is -0.947. The molecule has 0 radical (unpaired) electrons. The maximum absolute atomic E-state index is 13.8. The van der Waals surface area contributed by atoms with Crippen LogP contribution < -0.4 is 4.74 Å². The molecule has 0 amide bonds. The molecule has 10 heteroatoms. The van der Waals surface area contributed by atoms with Crippen molar-refractivity contribution < 1.29 is 42.7 Å². The van der Waals surface area contributed by atoms with Crippen molar-refractivity contribution in [3.63, 3.8) is 0 Å². The molecule has 10 nitrogen and oxygen atoms in total. The van der Waals surface area contributed by atoms with Gasteiger partial charge in [0.05, 0.1) is 37.6 Å². The number of hydrogen-bond acceptors (Lipinski definition) is 10. The van der Waals surface area contributed by atoms with E-state index in [4.69, 9.17) is 33.2 Å². The van der Waals surface area contributed by atoms with Gasteiger partial charge in [0.1, 0.15) is 17.5 Å². The number of hydrogen-bond donors (Lipinski definition) is 0. The lowest BCUT2D eigenvalue weighted by Gasteiger charge is -2.69. The Kier molecular flexibility index (Phi) is 7.80. The van der Waals surface area contributed by atoms with Crippen LogP contribution in [0.5, 0.6) is 5.75 Å². The molecule has 5 aliphatic carbocycles. The number of piperidine rings is 1. The number of carbonyl (C=O) groups excluding carboxylic acids is 2. The van der Waals surface area contributed by atoms with E-state index >= 15 is 0 Å². The normalized spacial score (nSPS) is 45.7. The van der Waals surface area contributed by atoms with Crippen LogP contribution in [-0.2, 0) is 33.2 Å². The summed E-state index contributed by atoms with van der Waals surface area (Å²) >= 11 is 0. The van der Waals surface area contributed by atoms with E-state index < -0.39 is 17.7 Å². The maximum Gasteiger partial charge on any atom is 0.338 e. The van der Waals surface area contributed by atoms with E-state index in [0.717, 1.165) is 32.4 Å². The van der Waals surface area contributed by atoms with Crippen molar-refractivity contribution in [3.05, 3.63) is 29.8 Å². The zero-order valence-corrected chi connectivity index (χ0v) is 27.7. The van der Waals surface area contributed by atoms with Crippen molar-refractivity contribution >= 4 is 11.9 Å². The third kappa shape index (κ3) is 3.98. The SMILES string of the molecule is CCN1C[C@]2(COC)CC[C@H](OC)[C@]34C1[C@H]([C@H](OC)[C@H]23)[C@@]1(OC(C)=O)C[C@H](OC)[C@H]2C[C@@H]4[C@@H]1[C@H]2OC(=O)c1ccc(OC)cc1. The van der Waals surface area contributed by atoms with Crippen LogP contribution in [-0.4, -0.2) is 108 Å². The van der Waals surface area contributed by atoms with E-state index in [1.807, 2.05) is 14.2 Å². The van der Waals surface area contributed by atoms with Gasteiger partial charge in [-0.1, -0.05) is 6.92 Å². The number of benzene rings is 1. The number of fused-ring (bicyclic) bond motifs is 2. The van der Waals surface area contributed by atoms with Crippen molar-refractivity contribution in [2.24, 2.45) is 40.4 Å². The quantitative estimate of drug-likeness (QED) is 0.358. The van der Waals surface area contributed by atoms with Crippen LogP contribution in [0, 0.1) is 40.4 Å². The molecule has 1 heterocycles. The lowest BCUT2D eigenvalue weighted by Crippen LogP contribution is -2.77. The molecule has 7 bridgehead atoms. The first-order valence-electron chi connectivity index (χ1n) is 16.6. The maximum atomic E-state index is 13.8. The van der Waals surface area contributed by atoms with Crippen molar-refractivity contribution in [2.45, 2.75) is 75.6 Å². The van der Waals surface area contributed by atoms with E-state index in [1.165, 1.54) is 6.92 Å². The Morgan fingerprint density at radius 1 is 0.978 bits per heavy atom. The molecule has 1 aromatic rings. The largest absolute Gasteiger partial charge is 0.497 e. The molecule has 1 unspecified atom stereocenters. The fourth-order valence-corrected chi connectivity index (χ4v) is 12.4. The average molecular weight is 628 g/mol. The van der Waals surface area contributed by atoms with Crippen molar-refractivity contribution in [1.82, 2.24) is 4.90 Å². The predicted molar refractivity (Wildman–Crippen MR) is 163 cm³/mol. The molecule has 1 saturated heterocycles. The third-order valence-corrected chi connectivity index (χ3v) is 13.2. The fraction of sp³-hybridized carbons (Fsp3) is 0.771. The smallest absolute Gasteiger partial charge is 0.338 e. The Morgan fingerprint density at radius 3 is 2.33 bits per heavy atom. The molecule has 6 fully saturated rings. The number of esters is 2. The number of carbonyl (C=O) groups is 2. The second kappa shape index (κ2) is 11.2. The van der Waals surface area contributed by atoms with Crippen LogP contribution in [0.2, 0.25) is 0 Å². The van der Waals surface area contributed by atoms with Gasteiger partial charge < -0.3 is 33.2 Å². The molecule has 0 aromatic heterocycles. The highest BCUT2D eigenvalue weighted by atomic mass is 16.6. The zero-order chi connectivity index (χ0) is 31.9. The number of methoxy groups -OCH3 is 5. The Balaban J connectivity index is 1.43. The molecular formula is C35H49NO9. The van der Waals surface area contributed by atoms with Gasteiger partial charge >= 0.3 is 11.9 Å². The standard InChI is InChI=1S/C35H49NO9/c1-8-36-17-33(18-39-3)14-13-25(42-6)35-23-15-22-24(41-5)16-34(45-19(2)37,27(31(35)36)29(43-7)30(33)35)26(23)28(22)44-32(38)20-9-11-21(40-4)12-10-20/h9-12,22-31H,8,13-18H2,1-7H3/t22-,23-,24+,25+,26-,27+,28+,29+,30-,31?,33+,34-,35+/m1/s1. The van der Waals surface area contributed by atoms with Gasteiger partial charge in [-0.3, -0.25) is 9.69 Å². The van der Waals surface area contributed by atoms with Gasteiger partial charge in [0.15, 0.2) is 0 Å². The molecule has 1 aliphatic heterocycles. The first-order chi connectivity index (χ1) is 21.7. The highest BCUT2D eigenvalue weighted by Crippen LogP contribution is 2.80. The summed E-state index contributed by atoms with van der Waals surface area (Å²) in [6, 6.07) is 7.07. The molecule has 1 spiro atoms. The third-order valence-electron chi connectivity index (χ3n) is 13.2. The molecule has 5 saturated carbocycles. The Labute approximate surface area is 266 Å². The Hall–Kier alpha value is -2.24. The van der Waals surface area contributed by atoms with Crippen LogP contribution >= 0.6 is 0 Å². The molecule has 45 heavy (non-hydrogen) atoms. The van der Waals surface area contributed by atoms with Crippen LogP contribution in [0.1, 0.15) is 49.9 Å². The summed E-state index contributed by atoms with van der Waals surface area (Å²) < 4.78 is 44.1. The van der Waals surface area contributed by atoms with E-state index in [-0.39, 0.29) is 70.7 Å². The topological polar surface area (TPSA) is 102 Å². The Morgan fingerprint density at radius 2 is 1.73 bits per heavy atom. The zero-order valence-electron chi connectivity index (χ0n) is 27.7. The number of rotatable bonds is 10. The van der Waals surface area contributed by atoms with Gasteiger partial charge in [0, 0.05) is 88.9 Å². The molecule has 0 N–H and O–H groups in total. The molecule has 1 aromatic carbocycles. The van der Waals surface area contributed by atoms with E-state index in [0.29, 0.717) is 24.3 Å². The van der Waals surface area contributed by atoms with Gasteiger partial charge in [-0.15, -0.1) is 0 Å². The van der Waals surface area contributed by atoms with Crippen molar-refractivity contribution in [2.75, 3.05) is 55.2 Å². The van der Waals surface area contributed by atoms with Gasteiger partial charge in [-0.05, 0) is 56.0 Å². The monoisotopic (exact) mass is 627 g/mol. The fourth-order valence-electron chi connectivity index (χ4n) is 12.4. The summed E-state index contributed by atoms with van der Waals surface area (Å²) in [6.07, 6.45) is 2.27. The van der Waals surface area contributed by atoms with Gasteiger partial charge in [0.2, 0.25) is 0 Å². The molecule has 248 valence electrons. The summed E-state index contributed by atoms with van der Waals surface area (Å²) in [5.41, 5.74) is -0.937. The van der Waals surface area contributed by atoms with Gasteiger partial charge in [0.25, 0.3) is 0 Å². The number of nitrogens with zero attached hydrogens (tertiary/aromatic N) is 1. The second-order valence-electron chi connectivity index (χ2n) is 14.4. The number of ether oxygens (including phenoxy) is 7. The van der Waals surface area contributed by atoms with Gasteiger partial charge in [-0.25, -0.2) is 4.79 Å². The molecular weight excluding hydrogens is 578 g/mol. The highest BCUT2D eigenvalue weighted by molar-refractivity contribution is 5.89. The summed E-state index contributed by atoms with van der Waals surface area (Å²) in [4.78, 5) is 29.7. The van der Waals surface area contributed by atoms with E-state index in [2.05, 4.69) is 11.8 Å². The number of likely N-dealkylation sites (tertiary alicyclic amines) is 1. The summed E-state index contributed by atoms with van der Waals surface area (Å²) in [7, 11) is 8.77. The lowest BCUT2D eigenvalue weighted by molar-refractivity contribution is -0.280. The first-order valence-corrected chi connectivity index (χ1v) is 16.6.